The summed E-state index contributed by atoms with van der Waals surface area (Å²) in [5.74, 6) is 0.226. The summed E-state index contributed by atoms with van der Waals surface area (Å²) in [5, 5.41) is 0. The molecule has 1 heterocycles. The van der Waals surface area contributed by atoms with E-state index in [9.17, 15) is 4.79 Å². The van der Waals surface area contributed by atoms with E-state index in [4.69, 9.17) is 4.74 Å². The number of carbonyl (C=O) groups excluding carboxylic acids is 1. The van der Waals surface area contributed by atoms with Crippen LogP contribution >= 0.6 is 0 Å². The van der Waals surface area contributed by atoms with Crippen molar-refractivity contribution in [3.05, 3.63) is 0 Å². The smallest absolute Gasteiger partial charge is 0.226 e. The molecule has 13 heavy (non-hydrogen) atoms. The number of hydrogen-bond acceptors (Lipinski definition) is 2. The number of hydrogen-bond donors (Lipinski definition) is 0. The van der Waals surface area contributed by atoms with Crippen LogP contribution in [0.3, 0.4) is 0 Å². The molecule has 1 saturated heterocycles. The molecule has 74 valence electrons. The van der Waals surface area contributed by atoms with Crippen LogP contribution in [0, 0.1) is 5.41 Å². The highest BCUT2D eigenvalue weighted by molar-refractivity contribution is 5.76. The van der Waals surface area contributed by atoms with Crippen LogP contribution in [-0.4, -0.2) is 30.7 Å². The molecule has 0 radical (unpaired) electrons. The fourth-order valence-corrected chi connectivity index (χ4v) is 2.33. The van der Waals surface area contributed by atoms with Crippen molar-refractivity contribution in [3.63, 3.8) is 0 Å². The first-order chi connectivity index (χ1) is 6.13. The molecule has 2 rings (SSSR count). The Morgan fingerprint density at radius 3 is 2.77 bits per heavy atom. The van der Waals surface area contributed by atoms with Crippen molar-refractivity contribution >= 4 is 5.91 Å². The number of rotatable bonds is 1. The van der Waals surface area contributed by atoms with Gasteiger partial charge in [0.15, 0.2) is 0 Å². The van der Waals surface area contributed by atoms with Gasteiger partial charge >= 0.3 is 0 Å². The monoisotopic (exact) mass is 183 g/mol. The largest absolute Gasteiger partial charge is 0.357 e. The molecule has 0 spiro atoms. The van der Waals surface area contributed by atoms with Crippen LogP contribution in [0.1, 0.15) is 32.6 Å². The molecule has 0 aromatic heterocycles. The van der Waals surface area contributed by atoms with E-state index in [1.807, 2.05) is 7.05 Å². The van der Waals surface area contributed by atoms with Gasteiger partial charge < -0.3 is 9.64 Å². The molecule has 3 nitrogen and oxygen atoms in total. The van der Waals surface area contributed by atoms with Crippen LogP contribution in [0.15, 0.2) is 0 Å². The maximum atomic E-state index is 11.4. The van der Waals surface area contributed by atoms with Gasteiger partial charge in [-0.05, 0) is 12.8 Å². The van der Waals surface area contributed by atoms with Gasteiger partial charge in [-0.1, -0.05) is 13.3 Å². The molecule has 1 saturated carbocycles. The fraction of sp³-hybridized carbons (Fsp3) is 0.900. The van der Waals surface area contributed by atoms with E-state index >= 15 is 0 Å². The predicted octanol–water partition coefficient (Wildman–Crippen LogP) is 1.38. The zero-order valence-electron chi connectivity index (χ0n) is 8.38. The summed E-state index contributed by atoms with van der Waals surface area (Å²) < 4.78 is 5.67. The first-order valence-corrected chi connectivity index (χ1v) is 5.01. The minimum absolute atomic E-state index is 0.0301. The summed E-state index contributed by atoms with van der Waals surface area (Å²) in [6, 6.07) is 0. The molecule has 3 heteroatoms. The quantitative estimate of drug-likeness (QED) is 0.614. The molecule has 1 amide bonds. The van der Waals surface area contributed by atoms with Gasteiger partial charge in [0.1, 0.15) is 6.23 Å². The molecule has 1 atom stereocenters. The Labute approximate surface area is 79.0 Å². The van der Waals surface area contributed by atoms with Crippen molar-refractivity contribution in [2.45, 2.75) is 38.8 Å². The van der Waals surface area contributed by atoms with Crippen LogP contribution < -0.4 is 0 Å². The Kier molecular flexibility index (Phi) is 2.06. The van der Waals surface area contributed by atoms with Crippen molar-refractivity contribution in [1.82, 2.24) is 4.90 Å². The van der Waals surface area contributed by atoms with Crippen molar-refractivity contribution in [1.29, 1.82) is 0 Å². The van der Waals surface area contributed by atoms with Crippen LogP contribution in [0.2, 0.25) is 0 Å². The van der Waals surface area contributed by atoms with Crippen LogP contribution in [-0.2, 0) is 9.53 Å². The Balaban J connectivity index is 2.08. The summed E-state index contributed by atoms with van der Waals surface area (Å²) in [6.07, 6.45) is 4.23. The van der Waals surface area contributed by atoms with Crippen molar-refractivity contribution in [2.75, 3.05) is 13.7 Å². The van der Waals surface area contributed by atoms with E-state index in [0.29, 0.717) is 13.0 Å². The Bertz CT molecular complexity index is 223. The van der Waals surface area contributed by atoms with E-state index in [0.717, 1.165) is 0 Å². The van der Waals surface area contributed by atoms with Crippen molar-refractivity contribution in [3.8, 4) is 0 Å². The first-order valence-electron chi connectivity index (χ1n) is 5.01. The first kappa shape index (κ1) is 9.00. The van der Waals surface area contributed by atoms with Crippen LogP contribution in [0.25, 0.3) is 0 Å². The standard InChI is InChI=1S/C10H17NO2/c1-10(5-3-6-10)9-11(2)8(12)4-7-13-9/h9H,3-7H2,1-2H3. The second-order valence-electron chi connectivity index (χ2n) is 4.49. The highest BCUT2D eigenvalue weighted by atomic mass is 16.5. The molecule has 0 bridgehead atoms. The number of nitrogens with zero attached hydrogens (tertiary/aromatic N) is 1. The normalized spacial score (nSPS) is 32.9. The lowest BCUT2D eigenvalue weighted by molar-refractivity contribution is -0.188. The Morgan fingerprint density at radius 2 is 2.23 bits per heavy atom. The van der Waals surface area contributed by atoms with Crippen LogP contribution in [0.4, 0.5) is 0 Å². The fourth-order valence-electron chi connectivity index (χ4n) is 2.33. The topological polar surface area (TPSA) is 29.5 Å². The molecule has 0 N–H and O–H groups in total. The molecule has 1 aliphatic heterocycles. The van der Waals surface area contributed by atoms with E-state index in [1.165, 1.54) is 19.3 Å². The summed E-state index contributed by atoms with van der Waals surface area (Å²) in [4.78, 5) is 13.2. The highest BCUT2D eigenvalue weighted by Crippen LogP contribution is 2.46. The lowest BCUT2D eigenvalue weighted by Gasteiger charge is -2.49. The second-order valence-corrected chi connectivity index (χ2v) is 4.49. The maximum Gasteiger partial charge on any atom is 0.226 e. The summed E-state index contributed by atoms with van der Waals surface area (Å²) in [6.45, 7) is 2.82. The molecule has 0 aromatic carbocycles. The van der Waals surface area contributed by atoms with Gasteiger partial charge in [0, 0.05) is 12.5 Å². The van der Waals surface area contributed by atoms with Gasteiger partial charge in [-0.3, -0.25) is 4.79 Å². The molecule has 1 aliphatic carbocycles. The summed E-state index contributed by atoms with van der Waals surface area (Å²) >= 11 is 0. The van der Waals surface area contributed by atoms with E-state index in [2.05, 4.69) is 6.92 Å². The van der Waals surface area contributed by atoms with E-state index in [-0.39, 0.29) is 17.6 Å². The van der Waals surface area contributed by atoms with Gasteiger partial charge in [-0.15, -0.1) is 0 Å². The van der Waals surface area contributed by atoms with Gasteiger partial charge in [0.2, 0.25) is 5.91 Å². The Morgan fingerprint density at radius 1 is 1.54 bits per heavy atom. The third kappa shape index (κ3) is 1.35. The van der Waals surface area contributed by atoms with Gasteiger partial charge in [-0.2, -0.15) is 0 Å². The minimum atomic E-state index is 0.0301. The van der Waals surface area contributed by atoms with Gasteiger partial charge in [-0.25, -0.2) is 0 Å². The zero-order valence-corrected chi connectivity index (χ0v) is 8.38. The third-order valence-electron chi connectivity index (χ3n) is 3.43. The number of amides is 1. The molecule has 2 fully saturated rings. The van der Waals surface area contributed by atoms with Crippen LogP contribution in [0.5, 0.6) is 0 Å². The molecule has 1 unspecified atom stereocenters. The second kappa shape index (κ2) is 2.98. The highest BCUT2D eigenvalue weighted by Gasteiger charge is 2.45. The predicted molar refractivity (Wildman–Crippen MR) is 49.1 cm³/mol. The minimum Gasteiger partial charge on any atom is -0.357 e. The van der Waals surface area contributed by atoms with Crippen molar-refractivity contribution < 1.29 is 9.53 Å². The molecular weight excluding hydrogens is 166 g/mol. The third-order valence-corrected chi connectivity index (χ3v) is 3.43. The summed E-state index contributed by atoms with van der Waals surface area (Å²) in [5.41, 5.74) is 0.227. The zero-order chi connectivity index (χ0) is 9.47. The average molecular weight is 183 g/mol. The SMILES string of the molecule is CN1C(=O)CCOC1C1(C)CCC1. The maximum absolute atomic E-state index is 11.4. The molecule has 2 aliphatic rings. The van der Waals surface area contributed by atoms with E-state index in [1.54, 1.807) is 4.90 Å². The summed E-state index contributed by atoms with van der Waals surface area (Å²) in [7, 11) is 1.86. The van der Waals surface area contributed by atoms with Gasteiger partial charge in [0.25, 0.3) is 0 Å². The van der Waals surface area contributed by atoms with Crippen molar-refractivity contribution in [2.24, 2.45) is 5.41 Å². The number of ether oxygens (including phenoxy) is 1. The van der Waals surface area contributed by atoms with E-state index < -0.39 is 0 Å². The lowest BCUT2D eigenvalue weighted by Crippen LogP contribution is -2.54. The Hall–Kier alpha value is -0.570. The number of carbonyl (C=O) groups is 1. The molecule has 0 aromatic rings. The lowest BCUT2D eigenvalue weighted by atomic mass is 9.68. The average Bonchev–Trinajstić information content (AvgIpc) is 2.06. The van der Waals surface area contributed by atoms with Gasteiger partial charge in [0.05, 0.1) is 13.0 Å². The molecular formula is C10H17NO2.